The van der Waals surface area contributed by atoms with E-state index in [2.05, 4.69) is 5.32 Å². The Morgan fingerprint density at radius 3 is 2.56 bits per heavy atom. The Bertz CT molecular complexity index is 388. The molecule has 0 atom stereocenters. The second-order valence-corrected chi connectivity index (χ2v) is 4.45. The fourth-order valence-electron chi connectivity index (χ4n) is 1.49. The van der Waals surface area contributed by atoms with E-state index < -0.39 is 11.6 Å². The topological polar surface area (TPSA) is 15.3 Å². The Labute approximate surface area is 101 Å². The molecule has 5 heteroatoms. The molecule has 1 aromatic rings. The van der Waals surface area contributed by atoms with E-state index in [0.717, 1.165) is 0 Å². The largest absolute Gasteiger partial charge is 0.366 e. The lowest BCUT2D eigenvalue weighted by Crippen LogP contribution is -2.17. The minimum atomic E-state index is -0.501. The first-order chi connectivity index (χ1) is 7.52. The molecule has 0 fully saturated rings. The van der Waals surface area contributed by atoms with E-state index in [4.69, 9.17) is 0 Å². The molecule has 1 aliphatic heterocycles. The van der Waals surface area contributed by atoms with E-state index in [1.807, 2.05) is 12.5 Å². The zero-order valence-electron chi connectivity index (χ0n) is 9.90. The first kappa shape index (κ1) is 13.1. The molecular formula is C11H18F2N2S. The number of nitrogens with one attached hydrogen (secondary N) is 1. The van der Waals surface area contributed by atoms with Gasteiger partial charge in [0.25, 0.3) is 0 Å². The van der Waals surface area contributed by atoms with Crippen LogP contribution in [0, 0.1) is 18.6 Å². The molecule has 0 aliphatic carbocycles. The molecule has 0 radical (unpaired) electrons. The lowest BCUT2D eigenvalue weighted by Gasteiger charge is -2.12. The van der Waals surface area contributed by atoms with E-state index in [9.17, 15) is 8.78 Å². The molecule has 92 valence electrons. The van der Waals surface area contributed by atoms with Crippen LogP contribution in [0.25, 0.3) is 0 Å². The lowest BCUT2D eigenvalue weighted by molar-refractivity contribution is 0.570. The second kappa shape index (κ2) is 5.39. The molecule has 1 aliphatic rings. The Kier molecular flexibility index (Phi) is 4.41. The summed E-state index contributed by atoms with van der Waals surface area (Å²) in [6.45, 7) is 1.96. The van der Waals surface area contributed by atoms with Gasteiger partial charge in [0, 0.05) is 14.0 Å². The van der Waals surface area contributed by atoms with Gasteiger partial charge in [-0.25, -0.2) is 8.78 Å². The maximum atomic E-state index is 13.5. The summed E-state index contributed by atoms with van der Waals surface area (Å²) in [4.78, 5) is 1.72. The molecule has 1 aromatic carbocycles. The Morgan fingerprint density at radius 2 is 2.00 bits per heavy atom. The van der Waals surface area contributed by atoms with Crippen LogP contribution in [0.5, 0.6) is 0 Å². The number of anilines is 2. The molecule has 0 unspecified atom stereocenters. The minimum absolute atomic E-state index is 0. The zero-order valence-corrected chi connectivity index (χ0v) is 10.7. The monoisotopic (exact) mass is 248 g/mol. The highest BCUT2D eigenvalue weighted by molar-refractivity contribution is 7.97. The van der Waals surface area contributed by atoms with Crippen LogP contribution in [0.3, 0.4) is 0 Å². The van der Waals surface area contributed by atoms with Crippen molar-refractivity contribution in [2.24, 2.45) is 0 Å². The van der Waals surface area contributed by atoms with Crippen molar-refractivity contribution in [3.8, 4) is 0 Å². The van der Waals surface area contributed by atoms with E-state index >= 15 is 0 Å². The molecule has 0 bridgehead atoms. The van der Waals surface area contributed by atoms with E-state index in [0.29, 0.717) is 18.0 Å². The quantitative estimate of drug-likeness (QED) is 0.758. The maximum Gasteiger partial charge on any atom is 0.154 e. The summed E-state index contributed by atoms with van der Waals surface area (Å²) in [6.07, 6.45) is 4.08. The Morgan fingerprint density at radius 1 is 1.44 bits per heavy atom. The third-order valence-corrected chi connectivity index (χ3v) is 2.31. The number of thioether (sulfide) groups is 1. The van der Waals surface area contributed by atoms with E-state index in [1.165, 1.54) is 13.0 Å². The molecule has 1 heterocycles. The van der Waals surface area contributed by atoms with Gasteiger partial charge in [-0.05, 0) is 25.5 Å². The van der Waals surface area contributed by atoms with Crippen LogP contribution < -0.4 is 10.2 Å². The number of halogens is 2. The van der Waals surface area contributed by atoms with Crippen LogP contribution in [0.2, 0.25) is 0 Å². The van der Waals surface area contributed by atoms with Crippen molar-refractivity contribution >= 4 is 23.1 Å². The number of rotatable bonds is 0. The average Bonchev–Trinajstić information content (AvgIpc) is 2.58. The van der Waals surface area contributed by atoms with Crippen LogP contribution in [0.4, 0.5) is 20.2 Å². The van der Waals surface area contributed by atoms with Gasteiger partial charge in [-0.1, -0.05) is 0 Å². The molecular weight excluding hydrogens is 230 g/mol. The zero-order chi connectivity index (χ0) is 12.3. The fraction of sp³-hybridized carbons (Fsp3) is 0.455. The van der Waals surface area contributed by atoms with Gasteiger partial charge in [-0.2, -0.15) is 11.8 Å². The smallest absolute Gasteiger partial charge is 0.154 e. The second-order valence-electron chi connectivity index (χ2n) is 3.63. The Hall–Kier alpha value is -0.970. The summed E-state index contributed by atoms with van der Waals surface area (Å²) in [5, 5.41) is 2.90. The van der Waals surface area contributed by atoms with Crippen LogP contribution in [0.1, 0.15) is 6.99 Å². The van der Waals surface area contributed by atoms with E-state index in [-0.39, 0.29) is 6.99 Å². The summed E-state index contributed by atoms with van der Waals surface area (Å²) < 4.78 is 26.6. The fourth-order valence-corrected chi connectivity index (χ4v) is 1.49. The maximum absolute atomic E-state index is 13.5. The van der Waals surface area contributed by atoms with Crippen molar-refractivity contribution in [1.82, 2.24) is 0 Å². The van der Waals surface area contributed by atoms with Crippen molar-refractivity contribution in [3.63, 3.8) is 0 Å². The van der Waals surface area contributed by atoms with Crippen LogP contribution in [0.15, 0.2) is 6.07 Å². The summed E-state index contributed by atoms with van der Waals surface area (Å²) in [5.74, 6) is -0.971. The van der Waals surface area contributed by atoms with Crippen molar-refractivity contribution in [1.29, 1.82) is 0 Å². The summed E-state index contributed by atoms with van der Waals surface area (Å²) in [6, 6.07) is 1.33. The van der Waals surface area contributed by atoms with Gasteiger partial charge in [-0.3, -0.25) is 0 Å². The van der Waals surface area contributed by atoms with E-state index in [1.54, 1.807) is 23.7 Å². The molecule has 0 saturated heterocycles. The van der Waals surface area contributed by atoms with Gasteiger partial charge in [0.2, 0.25) is 0 Å². The SMILES string of the molecule is CSC.Cc1c(F)cc2c(c1F)N(C)CN2.[HH]. The van der Waals surface area contributed by atoms with Crippen LogP contribution in [-0.4, -0.2) is 26.2 Å². The summed E-state index contributed by atoms with van der Waals surface area (Å²) >= 11 is 1.75. The predicted octanol–water partition coefficient (Wildman–Crippen LogP) is 3.32. The summed E-state index contributed by atoms with van der Waals surface area (Å²) in [7, 11) is 1.76. The highest BCUT2D eigenvalue weighted by Crippen LogP contribution is 2.35. The third kappa shape index (κ3) is 2.40. The van der Waals surface area contributed by atoms with Crippen LogP contribution in [-0.2, 0) is 0 Å². The standard InChI is InChI=1S/C9H10F2N2.C2H6S.H2/c1-5-6(10)3-7-9(8(5)11)13(2)4-12-7;1-3-2;/h3,12H,4H2,1-2H3;1-2H3;1H. The average molecular weight is 248 g/mol. The van der Waals surface area contributed by atoms with Gasteiger partial charge in [0.1, 0.15) is 5.82 Å². The van der Waals surface area contributed by atoms with Gasteiger partial charge in [0.15, 0.2) is 5.82 Å². The number of hydrogen-bond acceptors (Lipinski definition) is 3. The van der Waals surface area contributed by atoms with Gasteiger partial charge < -0.3 is 10.2 Å². The Balaban J connectivity index is 0.000000583. The van der Waals surface area contributed by atoms with Crippen molar-refractivity contribution in [3.05, 3.63) is 23.3 Å². The normalized spacial score (nSPS) is 12.8. The molecule has 0 saturated carbocycles. The van der Waals surface area contributed by atoms with Crippen molar-refractivity contribution < 1.29 is 10.2 Å². The van der Waals surface area contributed by atoms with Gasteiger partial charge in [-0.15, -0.1) is 0 Å². The number of fused-ring (bicyclic) bond motifs is 1. The predicted molar refractivity (Wildman–Crippen MR) is 69.5 cm³/mol. The molecule has 0 amide bonds. The van der Waals surface area contributed by atoms with Gasteiger partial charge in [0.05, 0.1) is 18.0 Å². The number of nitrogens with zero attached hydrogens (tertiary/aromatic N) is 1. The highest BCUT2D eigenvalue weighted by atomic mass is 32.2. The first-order valence-corrected chi connectivity index (χ1v) is 6.50. The van der Waals surface area contributed by atoms with Crippen molar-refractivity contribution in [2.75, 3.05) is 36.4 Å². The molecule has 2 nitrogen and oxygen atoms in total. The molecule has 16 heavy (non-hydrogen) atoms. The summed E-state index contributed by atoms with van der Waals surface area (Å²) in [5.41, 5.74) is 1.07. The van der Waals surface area contributed by atoms with Gasteiger partial charge >= 0.3 is 0 Å². The number of hydrogen-bond donors (Lipinski definition) is 1. The molecule has 2 rings (SSSR count). The minimum Gasteiger partial charge on any atom is -0.366 e. The molecule has 1 N–H and O–H groups in total. The highest BCUT2D eigenvalue weighted by Gasteiger charge is 2.22. The van der Waals surface area contributed by atoms with Crippen molar-refractivity contribution in [2.45, 2.75) is 6.92 Å². The number of benzene rings is 1. The molecule has 0 aromatic heterocycles. The third-order valence-electron chi connectivity index (χ3n) is 2.31. The first-order valence-electron chi connectivity index (χ1n) is 4.86. The lowest BCUT2D eigenvalue weighted by atomic mass is 10.1. The van der Waals surface area contributed by atoms with Crippen LogP contribution >= 0.6 is 11.8 Å². The molecule has 0 spiro atoms.